The van der Waals surface area contributed by atoms with Gasteiger partial charge in [0.15, 0.2) is 17.3 Å². The lowest BCUT2D eigenvalue weighted by molar-refractivity contribution is -0.123. The third-order valence-electron chi connectivity index (χ3n) is 4.70. The Labute approximate surface area is 150 Å². The molecule has 138 valence electrons. The molecule has 0 saturated carbocycles. The first kappa shape index (κ1) is 16.6. The van der Waals surface area contributed by atoms with Crippen LogP contribution in [0.1, 0.15) is 36.6 Å². The minimum absolute atomic E-state index is 0.0834. The Kier molecular flexibility index (Phi) is 4.59. The molecule has 3 heterocycles. The zero-order valence-corrected chi connectivity index (χ0v) is 14.6. The number of ether oxygens (including phenoxy) is 3. The van der Waals surface area contributed by atoms with E-state index in [0.29, 0.717) is 42.8 Å². The van der Waals surface area contributed by atoms with Crippen LogP contribution in [-0.4, -0.2) is 46.4 Å². The van der Waals surface area contributed by atoms with Crippen molar-refractivity contribution < 1.29 is 19.0 Å². The summed E-state index contributed by atoms with van der Waals surface area (Å²) in [5.41, 5.74) is 0.832. The molecule has 0 radical (unpaired) electrons. The van der Waals surface area contributed by atoms with Crippen LogP contribution in [0.4, 0.5) is 0 Å². The van der Waals surface area contributed by atoms with Crippen LogP contribution in [0.3, 0.4) is 0 Å². The van der Waals surface area contributed by atoms with Crippen molar-refractivity contribution in [2.75, 3.05) is 20.3 Å². The van der Waals surface area contributed by atoms with Gasteiger partial charge in [-0.1, -0.05) is 6.42 Å². The van der Waals surface area contributed by atoms with Gasteiger partial charge in [0, 0.05) is 24.7 Å². The van der Waals surface area contributed by atoms with Crippen molar-refractivity contribution in [1.82, 2.24) is 25.5 Å². The van der Waals surface area contributed by atoms with E-state index in [1.54, 1.807) is 17.9 Å². The molecule has 0 aliphatic carbocycles. The second-order valence-electron chi connectivity index (χ2n) is 6.33. The molecule has 1 amide bonds. The number of methoxy groups -OCH3 is 1. The first-order valence-corrected chi connectivity index (χ1v) is 8.76. The van der Waals surface area contributed by atoms with E-state index in [2.05, 4.69) is 20.8 Å². The van der Waals surface area contributed by atoms with Crippen LogP contribution >= 0.6 is 0 Å². The van der Waals surface area contributed by atoms with E-state index >= 15 is 0 Å². The summed E-state index contributed by atoms with van der Waals surface area (Å²) in [6.07, 6.45) is 2.67. The zero-order chi connectivity index (χ0) is 17.9. The number of tetrazole rings is 1. The highest BCUT2D eigenvalue weighted by Gasteiger charge is 2.28. The molecule has 1 aromatic carbocycles. The number of benzene rings is 1. The van der Waals surface area contributed by atoms with Gasteiger partial charge < -0.3 is 19.5 Å². The van der Waals surface area contributed by atoms with Crippen molar-refractivity contribution in [2.24, 2.45) is 0 Å². The van der Waals surface area contributed by atoms with Gasteiger partial charge in [-0.25, -0.2) is 4.68 Å². The number of nitrogens with one attached hydrogen (secondary N) is 1. The van der Waals surface area contributed by atoms with Gasteiger partial charge in [0.1, 0.15) is 19.0 Å². The van der Waals surface area contributed by atoms with Crippen molar-refractivity contribution in [2.45, 2.75) is 38.3 Å². The average molecular weight is 359 g/mol. The van der Waals surface area contributed by atoms with E-state index in [9.17, 15) is 4.79 Å². The number of fused-ring (bicyclic) bond motifs is 2. The van der Waals surface area contributed by atoms with Gasteiger partial charge in [0.2, 0.25) is 5.91 Å². The van der Waals surface area contributed by atoms with Gasteiger partial charge in [-0.05, 0) is 29.3 Å². The summed E-state index contributed by atoms with van der Waals surface area (Å²) in [5.74, 6) is 2.19. The number of hydrogen-bond acceptors (Lipinski definition) is 7. The van der Waals surface area contributed by atoms with Crippen molar-refractivity contribution in [3.05, 3.63) is 23.5 Å². The lowest BCUT2D eigenvalue weighted by atomic mass is 10.0. The lowest BCUT2D eigenvalue weighted by Gasteiger charge is -2.21. The van der Waals surface area contributed by atoms with E-state index in [1.807, 2.05) is 6.07 Å². The fourth-order valence-corrected chi connectivity index (χ4v) is 3.35. The smallest absolute Gasteiger partial charge is 0.231 e. The van der Waals surface area contributed by atoms with E-state index in [-0.39, 0.29) is 11.8 Å². The van der Waals surface area contributed by atoms with Gasteiger partial charge in [-0.3, -0.25) is 4.79 Å². The van der Waals surface area contributed by atoms with Crippen LogP contribution in [0.15, 0.2) is 12.1 Å². The fraction of sp³-hybridized carbons (Fsp3) is 0.529. The predicted molar refractivity (Wildman–Crippen MR) is 90.2 cm³/mol. The average Bonchev–Trinajstić information content (AvgIpc) is 3.04. The lowest BCUT2D eigenvalue weighted by Crippen LogP contribution is -2.30. The van der Waals surface area contributed by atoms with E-state index in [4.69, 9.17) is 14.2 Å². The van der Waals surface area contributed by atoms with Gasteiger partial charge in [-0.2, -0.15) is 0 Å². The Hall–Kier alpha value is -2.84. The molecule has 1 aromatic heterocycles. The molecule has 1 unspecified atom stereocenters. The highest BCUT2D eigenvalue weighted by molar-refractivity contribution is 5.82. The normalized spacial score (nSPS) is 18.6. The molecule has 9 nitrogen and oxygen atoms in total. The number of hydrogen-bond donors (Lipinski definition) is 1. The van der Waals surface area contributed by atoms with Gasteiger partial charge in [-0.15, -0.1) is 5.10 Å². The molecule has 2 aromatic rings. The quantitative estimate of drug-likeness (QED) is 0.870. The molecule has 0 bridgehead atoms. The van der Waals surface area contributed by atoms with Gasteiger partial charge in [0.05, 0.1) is 13.0 Å². The Bertz CT molecular complexity index is 806. The van der Waals surface area contributed by atoms with Gasteiger partial charge in [0.25, 0.3) is 0 Å². The monoisotopic (exact) mass is 359 g/mol. The maximum absolute atomic E-state index is 12.8. The minimum Gasteiger partial charge on any atom is -0.496 e. The Morgan fingerprint density at radius 1 is 1.31 bits per heavy atom. The van der Waals surface area contributed by atoms with Crippen LogP contribution in [0.5, 0.6) is 17.2 Å². The van der Waals surface area contributed by atoms with Crippen LogP contribution in [0.25, 0.3) is 0 Å². The van der Waals surface area contributed by atoms with E-state index < -0.39 is 0 Å². The summed E-state index contributed by atoms with van der Waals surface area (Å²) in [6, 6.07) is 3.65. The summed E-state index contributed by atoms with van der Waals surface area (Å²) < 4.78 is 18.3. The summed E-state index contributed by atoms with van der Waals surface area (Å²) in [5, 5.41) is 14.7. The van der Waals surface area contributed by atoms with Crippen LogP contribution in [0.2, 0.25) is 0 Å². The molecule has 0 saturated heterocycles. The molecule has 1 N–H and O–H groups in total. The van der Waals surface area contributed by atoms with E-state index in [0.717, 1.165) is 31.4 Å². The molecule has 2 aliphatic heterocycles. The van der Waals surface area contributed by atoms with Crippen molar-refractivity contribution in [3.63, 3.8) is 0 Å². The standard InChI is InChI=1S/C17H21N5O4/c1-24-13-9-15-14(25-6-7-26-15)8-11(13)10-18-17(23)12-4-2-3-5-22-16(12)19-20-21-22/h8-9,12H,2-7,10H2,1H3,(H,18,23). The molecule has 0 fully saturated rings. The summed E-state index contributed by atoms with van der Waals surface area (Å²) >= 11 is 0. The maximum atomic E-state index is 12.8. The second-order valence-corrected chi connectivity index (χ2v) is 6.33. The number of carbonyl (C=O) groups excluding carboxylic acids is 1. The van der Waals surface area contributed by atoms with Gasteiger partial charge >= 0.3 is 0 Å². The van der Waals surface area contributed by atoms with Crippen LogP contribution in [-0.2, 0) is 17.9 Å². The molecule has 2 aliphatic rings. The summed E-state index contributed by atoms with van der Waals surface area (Å²) in [6.45, 7) is 2.11. The molecule has 1 atom stereocenters. The number of amides is 1. The number of aromatic nitrogens is 4. The SMILES string of the molecule is COc1cc2c(cc1CNC(=O)C1CCCCn3nnnc31)OCCO2. The van der Waals surface area contributed by atoms with Crippen LogP contribution < -0.4 is 19.5 Å². The molecule has 4 rings (SSSR count). The first-order chi connectivity index (χ1) is 12.8. The van der Waals surface area contributed by atoms with E-state index in [1.165, 1.54) is 0 Å². The summed E-state index contributed by atoms with van der Waals surface area (Å²) in [4.78, 5) is 12.8. The molecule has 9 heteroatoms. The minimum atomic E-state index is -0.337. The third kappa shape index (κ3) is 3.16. The Morgan fingerprint density at radius 3 is 2.92 bits per heavy atom. The number of rotatable bonds is 4. The third-order valence-corrected chi connectivity index (χ3v) is 4.70. The molecule has 26 heavy (non-hydrogen) atoms. The number of carbonyl (C=O) groups is 1. The second kappa shape index (κ2) is 7.19. The fourth-order valence-electron chi connectivity index (χ4n) is 3.35. The van der Waals surface area contributed by atoms with Crippen LogP contribution in [0, 0.1) is 0 Å². The van der Waals surface area contributed by atoms with Crippen molar-refractivity contribution >= 4 is 5.91 Å². The Balaban J connectivity index is 1.50. The molecule has 0 spiro atoms. The highest BCUT2D eigenvalue weighted by atomic mass is 16.6. The largest absolute Gasteiger partial charge is 0.496 e. The van der Waals surface area contributed by atoms with Crippen molar-refractivity contribution in [3.8, 4) is 17.2 Å². The number of aryl methyl sites for hydroxylation is 1. The molecular formula is C17H21N5O4. The number of nitrogens with zero attached hydrogens (tertiary/aromatic N) is 4. The summed E-state index contributed by atoms with van der Waals surface area (Å²) in [7, 11) is 1.59. The maximum Gasteiger partial charge on any atom is 0.231 e. The van der Waals surface area contributed by atoms with Crippen molar-refractivity contribution in [1.29, 1.82) is 0 Å². The zero-order valence-electron chi connectivity index (χ0n) is 14.6. The topological polar surface area (TPSA) is 100 Å². The predicted octanol–water partition coefficient (Wildman–Crippen LogP) is 1.04. The first-order valence-electron chi connectivity index (χ1n) is 8.76. The molecular weight excluding hydrogens is 338 g/mol. The highest BCUT2D eigenvalue weighted by Crippen LogP contribution is 2.36. The Morgan fingerprint density at radius 2 is 2.12 bits per heavy atom.